The monoisotopic (exact) mass is 442 g/mol. The van der Waals surface area contributed by atoms with Crippen molar-refractivity contribution in [3.8, 4) is 34.7 Å². The fourth-order valence-electron chi connectivity index (χ4n) is 3.43. The van der Waals surface area contributed by atoms with E-state index in [1.165, 1.54) is 6.07 Å². The van der Waals surface area contributed by atoms with Crippen LogP contribution in [-0.2, 0) is 0 Å². The number of hydrogen-bond acceptors (Lipinski definition) is 6. The molecule has 4 N–H and O–H groups in total. The van der Waals surface area contributed by atoms with Crippen molar-refractivity contribution in [2.75, 3.05) is 6.61 Å². The third-order valence-corrected chi connectivity index (χ3v) is 5.50. The van der Waals surface area contributed by atoms with Gasteiger partial charge in [0, 0.05) is 5.56 Å². The lowest BCUT2D eigenvalue weighted by molar-refractivity contribution is 0.317. The molecule has 1 aromatic heterocycles. The Morgan fingerprint density at radius 1 is 1.27 bits per heavy atom. The topological polar surface area (TPSA) is 117 Å². The van der Waals surface area contributed by atoms with E-state index in [0.717, 1.165) is 0 Å². The van der Waals surface area contributed by atoms with E-state index >= 15 is 0 Å². The number of fused-ring (bicyclic) bond motifs is 1. The van der Waals surface area contributed by atoms with Gasteiger partial charge in [-0.3, -0.25) is 5.10 Å². The van der Waals surface area contributed by atoms with Crippen LogP contribution in [0.25, 0.3) is 11.3 Å². The van der Waals surface area contributed by atoms with E-state index < -0.39 is 5.92 Å². The Kier molecular flexibility index (Phi) is 5.20. The molecule has 2 heterocycles. The van der Waals surface area contributed by atoms with E-state index in [1.807, 2.05) is 6.92 Å². The molecule has 0 saturated carbocycles. The summed E-state index contributed by atoms with van der Waals surface area (Å²) in [6.45, 7) is 2.19. The molecule has 0 amide bonds. The Morgan fingerprint density at radius 2 is 2.07 bits per heavy atom. The van der Waals surface area contributed by atoms with Crippen LogP contribution in [0.2, 0.25) is 10.0 Å². The molecule has 3 aromatic rings. The smallest absolute Gasteiger partial charge is 0.244 e. The number of benzene rings is 2. The van der Waals surface area contributed by atoms with Crippen LogP contribution in [0, 0.1) is 11.3 Å². The average Bonchev–Trinajstić information content (AvgIpc) is 3.14. The highest BCUT2D eigenvalue weighted by Gasteiger charge is 2.36. The van der Waals surface area contributed by atoms with Gasteiger partial charge in [0.25, 0.3) is 0 Å². The van der Waals surface area contributed by atoms with E-state index in [4.69, 9.17) is 38.4 Å². The van der Waals surface area contributed by atoms with Gasteiger partial charge < -0.3 is 20.3 Å². The maximum absolute atomic E-state index is 10.1. The summed E-state index contributed by atoms with van der Waals surface area (Å²) in [4.78, 5) is 0. The second-order valence-corrected chi connectivity index (χ2v) is 7.35. The molecule has 30 heavy (non-hydrogen) atoms. The first-order valence-electron chi connectivity index (χ1n) is 9.01. The van der Waals surface area contributed by atoms with Gasteiger partial charge in [0.05, 0.1) is 33.8 Å². The minimum absolute atomic E-state index is 0.000224. The van der Waals surface area contributed by atoms with E-state index in [9.17, 15) is 10.4 Å². The minimum atomic E-state index is -0.596. The molecular weight excluding hydrogens is 427 g/mol. The Hall–Kier alpha value is -3.34. The lowest BCUT2D eigenvalue weighted by Crippen LogP contribution is -2.21. The number of phenolic OH excluding ortho intramolecular Hbond substituents is 1. The van der Waals surface area contributed by atoms with E-state index in [2.05, 4.69) is 16.3 Å². The molecule has 9 heteroatoms. The first kappa shape index (κ1) is 20.0. The minimum Gasteiger partial charge on any atom is -0.504 e. The largest absolute Gasteiger partial charge is 0.504 e. The summed E-state index contributed by atoms with van der Waals surface area (Å²) in [5, 5.41) is 27.9. The highest BCUT2D eigenvalue weighted by Crippen LogP contribution is 2.47. The zero-order chi connectivity index (χ0) is 21.4. The van der Waals surface area contributed by atoms with Crippen molar-refractivity contribution in [1.29, 1.82) is 5.26 Å². The summed E-state index contributed by atoms with van der Waals surface area (Å²) < 4.78 is 11.1. The molecule has 1 aliphatic rings. The maximum atomic E-state index is 10.1. The summed E-state index contributed by atoms with van der Waals surface area (Å²) in [6, 6.07) is 12.2. The van der Waals surface area contributed by atoms with Gasteiger partial charge >= 0.3 is 0 Å². The molecule has 0 fully saturated rings. The van der Waals surface area contributed by atoms with Crippen molar-refractivity contribution in [2.24, 2.45) is 5.73 Å². The van der Waals surface area contributed by atoms with Gasteiger partial charge in [-0.25, -0.2) is 0 Å². The predicted molar refractivity (Wildman–Crippen MR) is 113 cm³/mol. The van der Waals surface area contributed by atoms with Crippen LogP contribution in [0.15, 0.2) is 47.9 Å². The third kappa shape index (κ3) is 3.30. The van der Waals surface area contributed by atoms with Crippen molar-refractivity contribution < 1.29 is 14.6 Å². The SMILES string of the molecule is CCOc1cc(C2C(C#N)=C(N)Oc3n[nH]c(-c4ccc(Cl)c(Cl)c4)c32)ccc1O. The van der Waals surface area contributed by atoms with Crippen molar-refractivity contribution >= 4 is 23.2 Å². The zero-order valence-electron chi connectivity index (χ0n) is 15.7. The highest BCUT2D eigenvalue weighted by molar-refractivity contribution is 6.42. The maximum Gasteiger partial charge on any atom is 0.244 e. The van der Waals surface area contributed by atoms with Gasteiger partial charge in [-0.1, -0.05) is 35.3 Å². The second kappa shape index (κ2) is 7.82. The number of aromatic hydroxyl groups is 1. The molecule has 1 atom stereocenters. The van der Waals surface area contributed by atoms with Gasteiger partial charge in [-0.05, 0) is 36.8 Å². The van der Waals surface area contributed by atoms with Gasteiger partial charge in [-0.15, -0.1) is 5.10 Å². The first-order valence-corrected chi connectivity index (χ1v) is 9.77. The Bertz CT molecular complexity index is 1210. The third-order valence-electron chi connectivity index (χ3n) is 4.76. The van der Waals surface area contributed by atoms with Gasteiger partial charge in [-0.2, -0.15) is 5.26 Å². The van der Waals surface area contributed by atoms with Crippen LogP contribution in [-0.4, -0.2) is 21.9 Å². The number of halogens is 2. The number of nitrogens with two attached hydrogens (primary N) is 1. The average molecular weight is 443 g/mol. The summed E-state index contributed by atoms with van der Waals surface area (Å²) in [5.41, 5.74) is 8.86. The zero-order valence-corrected chi connectivity index (χ0v) is 17.3. The molecule has 7 nitrogen and oxygen atoms in total. The van der Waals surface area contributed by atoms with Crippen LogP contribution in [0.5, 0.6) is 17.4 Å². The van der Waals surface area contributed by atoms with Gasteiger partial charge in [0.2, 0.25) is 11.8 Å². The molecule has 152 valence electrons. The molecule has 2 aromatic carbocycles. The van der Waals surface area contributed by atoms with Gasteiger partial charge in [0.15, 0.2) is 11.5 Å². The number of phenols is 1. The lowest BCUT2D eigenvalue weighted by atomic mass is 9.83. The first-order chi connectivity index (χ1) is 14.4. The number of rotatable bonds is 4. The molecule has 1 unspecified atom stereocenters. The number of H-pyrrole nitrogens is 1. The van der Waals surface area contributed by atoms with Crippen molar-refractivity contribution in [2.45, 2.75) is 12.8 Å². The molecule has 0 aliphatic carbocycles. The number of nitrogens with zero attached hydrogens (tertiary/aromatic N) is 2. The second-order valence-electron chi connectivity index (χ2n) is 6.53. The number of aromatic nitrogens is 2. The number of nitriles is 1. The number of allylic oxidation sites excluding steroid dienone is 1. The summed E-state index contributed by atoms with van der Waals surface area (Å²) in [6.07, 6.45) is 0. The van der Waals surface area contributed by atoms with E-state index in [0.29, 0.717) is 44.8 Å². The van der Waals surface area contributed by atoms with Crippen LogP contribution in [0.4, 0.5) is 0 Å². The number of nitrogens with one attached hydrogen (secondary N) is 1. The lowest BCUT2D eigenvalue weighted by Gasteiger charge is -2.24. The normalized spacial score (nSPS) is 15.3. The summed E-state index contributed by atoms with van der Waals surface area (Å²) >= 11 is 12.2. The highest BCUT2D eigenvalue weighted by atomic mass is 35.5. The van der Waals surface area contributed by atoms with Crippen molar-refractivity contribution in [3.63, 3.8) is 0 Å². The standard InChI is InChI=1S/C21H16Cl2N4O3/c1-2-29-16-8-10(4-6-15(16)28)17-12(9-24)20(25)30-21-18(17)19(26-27-21)11-3-5-13(22)14(23)7-11/h3-8,17,28H,2,25H2,1H3,(H,26,27). The fraction of sp³-hybridized carbons (Fsp3) is 0.143. The van der Waals surface area contributed by atoms with Crippen LogP contribution >= 0.6 is 23.2 Å². The molecule has 0 radical (unpaired) electrons. The van der Waals surface area contributed by atoms with Crippen LogP contribution < -0.4 is 15.2 Å². The summed E-state index contributed by atoms with van der Waals surface area (Å²) in [5.74, 6) is -0.0719. The fourth-order valence-corrected chi connectivity index (χ4v) is 3.73. The van der Waals surface area contributed by atoms with Crippen LogP contribution in [0.3, 0.4) is 0 Å². The Labute approximate surface area is 182 Å². The summed E-state index contributed by atoms with van der Waals surface area (Å²) in [7, 11) is 0. The van der Waals surface area contributed by atoms with E-state index in [-0.39, 0.29) is 23.1 Å². The van der Waals surface area contributed by atoms with Crippen molar-refractivity contribution in [3.05, 3.63) is 69.0 Å². The Balaban J connectivity index is 1.93. The predicted octanol–water partition coefficient (Wildman–Crippen LogP) is 4.71. The molecular formula is C21H16Cl2N4O3. The molecule has 0 spiro atoms. The van der Waals surface area contributed by atoms with Crippen molar-refractivity contribution in [1.82, 2.24) is 10.2 Å². The quantitative estimate of drug-likeness (QED) is 0.538. The molecule has 0 saturated heterocycles. The number of hydrogen-bond donors (Lipinski definition) is 3. The molecule has 4 rings (SSSR count). The van der Waals surface area contributed by atoms with Crippen LogP contribution in [0.1, 0.15) is 24.0 Å². The van der Waals surface area contributed by atoms with E-state index in [1.54, 1.807) is 30.3 Å². The molecule has 1 aliphatic heterocycles. The van der Waals surface area contributed by atoms with Gasteiger partial charge in [0.1, 0.15) is 11.6 Å². The molecule has 0 bridgehead atoms. The number of aromatic amines is 1. The number of ether oxygens (including phenoxy) is 2. The Morgan fingerprint density at radius 3 is 2.77 bits per heavy atom.